The van der Waals surface area contributed by atoms with Crippen molar-refractivity contribution in [2.24, 2.45) is 0 Å². The second-order valence-corrected chi connectivity index (χ2v) is 8.64. The molecule has 0 aromatic heterocycles. The summed E-state index contributed by atoms with van der Waals surface area (Å²) in [5.74, 6) is -2.19. The summed E-state index contributed by atoms with van der Waals surface area (Å²) in [5, 5.41) is 7.99. The lowest BCUT2D eigenvalue weighted by Gasteiger charge is -2.27. The third kappa shape index (κ3) is 5.01. The van der Waals surface area contributed by atoms with Crippen molar-refractivity contribution in [3.8, 4) is 0 Å². The van der Waals surface area contributed by atoms with Crippen LogP contribution >= 0.6 is 0 Å². The Labute approximate surface area is 179 Å². The second-order valence-electron chi connectivity index (χ2n) is 8.64. The molecule has 10 nitrogen and oxygen atoms in total. The van der Waals surface area contributed by atoms with Gasteiger partial charge in [-0.1, -0.05) is 0 Å². The number of nitrogens with zero attached hydrogens (tertiary/aromatic N) is 1. The number of nitrogens with one attached hydrogen (secondary N) is 3. The fraction of sp³-hybridized carbons (Fsp3) is 0.476. The SMILES string of the molecule is CC(CNC(=O)OC(C)(C)C)Nc1ccc2c(c1)C(=O)N(C1CCC(=O)NC1=O)C2=O. The Morgan fingerprint density at radius 3 is 2.52 bits per heavy atom. The number of piperidine rings is 1. The monoisotopic (exact) mass is 430 g/mol. The van der Waals surface area contributed by atoms with Gasteiger partial charge in [-0.3, -0.25) is 29.4 Å². The number of ether oxygens (including phenoxy) is 1. The number of carbonyl (C=O) groups is 5. The molecule has 0 saturated carbocycles. The lowest BCUT2D eigenvalue weighted by atomic mass is 10.0. The molecule has 0 aliphatic carbocycles. The van der Waals surface area contributed by atoms with E-state index in [4.69, 9.17) is 4.74 Å². The minimum Gasteiger partial charge on any atom is -0.444 e. The molecule has 0 radical (unpaired) electrons. The Balaban J connectivity index is 1.65. The van der Waals surface area contributed by atoms with Gasteiger partial charge in [-0.15, -0.1) is 0 Å². The van der Waals surface area contributed by atoms with Crippen molar-refractivity contribution >= 4 is 35.4 Å². The van der Waals surface area contributed by atoms with Gasteiger partial charge in [0.25, 0.3) is 11.8 Å². The Bertz CT molecular complexity index is 952. The van der Waals surface area contributed by atoms with Crippen molar-refractivity contribution in [3.05, 3.63) is 29.3 Å². The van der Waals surface area contributed by atoms with Crippen molar-refractivity contribution in [2.75, 3.05) is 11.9 Å². The van der Waals surface area contributed by atoms with Gasteiger partial charge in [0.2, 0.25) is 11.8 Å². The van der Waals surface area contributed by atoms with E-state index in [1.807, 2.05) is 6.92 Å². The Morgan fingerprint density at radius 2 is 1.87 bits per heavy atom. The standard InChI is InChI=1S/C21H26N4O6/c1-11(10-22-20(30)31-21(2,3)4)23-12-5-6-13-14(9-12)19(29)25(18(13)28)15-7-8-16(26)24-17(15)27/h5-6,9,11,15,23H,7-8,10H2,1-4H3,(H,22,30)(H,24,26,27). The number of rotatable bonds is 5. The molecule has 1 saturated heterocycles. The maximum atomic E-state index is 12.9. The van der Waals surface area contributed by atoms with E-state index in [2.05, 4.69) is 16.0 Å². The molecule has 2 unspecified atom stereocenters. The predicted octanol–water partition coefficient (Wildman–Crippen LogP) is 1.41. The molecule has 1 fully saturated rings. The number of carbonyl (C=O) groups excluding carboxylic acids is 5. The quantitative estimate of drug-likeness (QED) is 0.601. The number of benzene rings is 1. The van der Waals surface area contributed by atoms with Crippen LogP contribution in [-0.2, 0) is 14.3 Å². The first kappa shape index (κ1) is 22.3. The van der Waals surface area contributed by atoms with Crippen LogP contribution in [0.15, 0.2) is 18.2 Å². The molecule has 0 spiro atoms. The number of imide groups is 2. The van der Waals surface area contributed by atoms with Crippen LogP contribution in [0.2, 0.25) is 0 Å². The fourth-order valence-corrected chi connectivity index (χ4v) is 3.45. The average Bonchev–Trinajstić information content (AvgIpc) is 2.89. The summed E-state index contributed by atoms with van der Waals surface area (Å²) in [6.07, 6.45) is -0.358. The zero-order valence-electron chi connectivity index (χ0n) is 17.9. The van der Waals surface area contributed by atoms with Crippen LogP contribution in [-0.4, -0.2) is 58.9 Å². The highest BCUT2D eigenvalue weighted by Crippen LogP contribution is 2.29. The van der Waals surface area contributed by atoms with Gasteiger partial charge < -0.3 is 15.4 Å². The van der Waals surface area contributed by atoms with E-state index in [1.54, 1.807) is 32.9 Å². The summed E-state index contributed by atoms with van der Waals surface area (Å²) in [7, 11) is 0. The largest absolute Gasteiger partial charge is 0.444 e. The number of fused-ring (bicyclic) bond motifs is 1. The molecule has 2 aliphatic rings. The van der Waals surface area contributed by atoms with Gasteiger partial charge in [-0.05, 0) is 52.3 Å². The van der Waals surface area contributed by atoms with Crippen LogP contribution in [0.4, 0.5) is 10.5 Å². The number of hydrogen-bond acceptors (Lipinski definition) is 7. The second kappa shape index (κ2) is 8.37. The molecule has 2 heterocycles. The summed E-state index contributed by atoms with van der Waals surface area (Å²) >= 11 is 0. The number of alkyl carbamates (subject to hydrolysis) is 1. The molecule has 0 bridgehead atoms. The first-order chi connectivity index (χ1) is 14.5. The van der Waals surface area contributed by atoms with Gasteiger partial charge in [0, 0.05) is 24.7 Å². The van der Waals surface area contributed by atoms with E-state index in [9.17, 15) is 24.0 Å². The van der Waals surface area contributed by atoms with Gasteiger partial charge in [0.1, 0.15) is 11.6 Å². The van der Waals surface area contributed by atoms with Crippen LogP contribution in [0.1, 0.15) is 61.3 Å². The summed E-state index contributed by atoms with van der Waals surface area (Å²) < 4.78 is 5.19. The summed E-state index contributed by atoms with van der Waals surface area (Å²) in [5.41, 5.74) is 0.387. The van der Waals surface area contributed by atoms with Crippen LogP contribution < -0.4 is 16.0 Å². The number of anilines is 1. The molecular formula is C21H26N4O6. The van der Waals surface area contributed by atoms with Crippen molar-refractivity contribution in [3.63, 3.8) is 0 Å². The smallest absolute Gasteiger partial charge is 0.407 e. The minimum atomic E-state index is -1.00. The number of amides is 5. The van der Waals surface area contributed by atoms with E-state index in [0.29, 0.717) is 5.69 Å². The highest BCUT2D eigenvalue weighted by Gasteiger charge is 2.44. The van der Waals surface area contributed by atoms with Gasteiger partial charge >= 0.3 is 6.09 Å². The molecule has 1 aromatic carbocycles. The minimum absolute atomic E-state index is 0.0682. The van der Waals surface area contributed by atoms with E-state index in [-0.39, 0.29) is 36.6 Å². The topological polar surface area (TPSA) is 134 Å². The van der Waals surface area contributed by atoms with E-state index >= 15 is 0 Å². The van der Waals surface area contributed by atoms with Crippen molar-refractivity contribution in [2.45, 2.75) is 58.2 Å². The van der Waals surface area contributed by atoms with Crippen molar-refractivity contribution in [1.82, 2.24) is 15.5 Å². The van der Waals surface area contributed by atoms with Crippen molar-refractivity contribution in [1.29, 1.82) is 0 Å². The summed E-state index contributed by atoms with van der Waals surface area (Å²) in [6.45, 7) is 7.44. The lowest BCUT2D eigenvalue weighted by molar-refractivity contribution is -0.136. The maximum Gasteiger partial charge on any atom is 0.407 e. The zero-order valence-corrected chi connectivity index (χ0v) is 17.9. The Hall–Kier alpha value is -3.43. The first-order valence-corrected chi connectivity index (χ1v) is 10.1. The predicted molar refractivity (Wildman–Crippen MR) is 110 cm³/mol. The third-order valence-corrected chi connectivity index (χ3v) is 4.80. The first-order valence-electron chi connectivity index (χ1n) is 10.1. The molecule has 3 rings (SSSR count). The molecule has 10 heteroatoms. The molecule has 166 valence electrons. The van der Waals surface area contributed by atoms with E-state index < -0.39 is 41.4 Å². The summed E-state index contributed by atoms with van der Waals surface area (Å²) in [6, 6.07) is 3.54. The van der Waals surface area contributed by atoms with Crippen LogP contribution in [0.3, 0.4) is 0 Å². The highest BCUT2D eigenvalue weighted by atomic mass is 16.6. The van der Waals surface area contributed by atoms with Crippen LogP contribution in [0.5, 0.6) is 0 Å². The van der Waals surface area contributed by atoms with E-state index in [0.717, 1.165) is 4.90 Å². The average molecular weight is 430 g/mol. The third-order valence-electron chi connectivity index (χ3n) is 4.80. The van der Waals surface area contributed by atoms with Gasteiger partial charge in [-0.2, -0.15) is 0 Å². The van der Waals surface area contributed by atoms with E-state index in [1.165, 1.54) is 6.07 Å². The van der Waals surface area contributed by atoms with Crippen LogP contribution in [0.25, 0.3) is 0 Å². The van der Waals surface area contributed by atoms with Crippen molar-refractivity contribution < 1.29 is 28.7 Å². The zero-order chi connectivity index (χ0) is 22.9. The highest BCUT2D eigenvalue weighted by molar-refractivity contribution is 6.23. The normalized spacial score (nSPS) is 19.6. The lowest BCUT2D eigenvalue weighted by Crippen LogP contribution is -2.54. The number of hydrogen-bond donors (Lipinski definition) is 3. The molecule has 3 N–H and O–H groups in total. The molecule has 5 amide bonds. The Morgan fingerprint density at radius 1 is 1.19 bits per heavy atom. The van der Waals surface area contributed by atoms with Gasteiger partial charge in [0.05, 0.1) is 11.1 Å². The fourth-order valence-electron chi connectivity index (χ4n) is 3.45. The van der Waals surface area contributed by atoms with Gasteiger partial charge in [-0.25, -0.2) is 4.79 Å². The molecule has 2 aliphatic heterocycles. The Kier molecular flexibility index (Phi) is 6.01. The molecule has 2 atom stereocenters. The van der Waals surface area contributed by atoms with Gasteiger partial charge in [0.15, 0.2) is 0 Å². The maximum absolute atomic E-state index is 12.9. The van der Waals surface area contributed by atoms with Crippen LogP contribution in [0, 0.1) is 0 Å². The molecule has 31 heavy (non-hydrogen) atoms. The summed E-state index contributed by atoms with van der Waals surface area (Å²) in [4.78, 5) is 61.8. The molecule has 1 aromatic rings. The molecular weight excluding hydrogens is 404 g/mol.